The van der Waals surface area contributed by atoms with Gasteiger partial charge in [0, 0.05) is 45.4 Å². The van der Waals surface area contributed by atoms with Crippen molar-refractivity contribution in [3.05, 3.63) is 147 Å². The molecule has 0 unspecified atom stereocenters. The monoisotopic (exact) mass is 734 g/mol. The Bertz CT molecular complexity index is 2340. The minimum Gasteiger partial charge on any atom is -0.493 e. The summed E-state index contributed by atoms with van der Waals surface area (Å²) in [6.07, 6.45) is 1.67. The van der Waals surface area contributed by atoms with Crippen molar-refractivity contribution in [2.24, 2.45) is 0 Å². The predicted molar refractivity (Wildman–Crippen MR) is 213 cm³/mol. The van der Waals surface area contributed by atoms with Crippen molar-refractivity contribution in [3.8, 4) is 17.2 Å². The predicted octanol–water partition coefficient (Wildman–Crippen LogP) is 7.48. The number of amides is 2. The molecule has 0 fully saturated rings. The molecule has 2 atom stereocenters. The van der Waals surface area contributed by atoms with Crippen LogP contribution in [0, 0.1) is 13.8 Å². The van der Waals surface area contributed by atoms with Crippen molar-refractivity contribution in [1.29, 1.82) is 0 Å². The van der Waals surface area contributed by atoms with Crippen molar-refractivity contribution >= 4 is 23.2 Å². The van der Waals surface area contributed by atoms with Crippen LogP contribution in [-0.4, -0.2) is 60.9 Å². The molecule has 0 aromatic heterocycles. The van der Waals surface area contributed by atoms with Gasteiger partial charge in [0.15, 0.2) is 11.5 Å². The first-order valence-corrected chi connectivity index (χ1v) is 19.1. The molecule has 0 radical (unpaired) electrons. The first-order chi connectivity index (χ1) is 26.7. The zero-order chi connectivity index (χ0) is 37.8. The van der Waals surface area contributed by atoms with E-state index in [-0.39, 0.29) is 23.9 Å². The van der Waals surface area contributed by atoms with Crippen molar-refractivity contribution < 1.29 is 23.8 Å². The first-order valence-electron chi connectivity index (χ1n) is 19.1. The molecule has 0 bridgehead atoms. The molecule has 4 aliphatic rings. The third-order valence-corrected chi connectivity index (χ3v) is 11.7. The Morgan fingerprint density at radius 2 is 1.27 bits per heavy atom. The van der Waals surface area contributed by atoms with E-state index in [0.29, 0.717) is 55.5 Å². The molecule has 280 valence electrons. The maximum Gasteiger partial charge on any atom is 0.256 e. The lowest BCUT2D eigenvalue weighted by molar-refractivity contribution is 0.0651. The molecule has 9 nitrogen and oxygen atoms in total. The van der Waals surface area contributed by atoms with Crippen LogP contribution in [0.15, 0.2) is 91.0 Å². The smallest absolute Gasteiger partial charge is 0.256 e. The number of carbonyl (C=O) groups is 2. The summed E-state index contributed by atoms with van der Waals surface area (Å²) < 4.78 is 18.7. The number of hydrogen-bond acceptors (Lipinski definition) is 7. The van der Waals surface area contributed by atoms with E-state index in [9.17, 15) is 9.59 Å². The summed E-state index contributed by atoms with van der Waals surface area (Å²) in [6, 6.07) is 31.1. The number of methoxy groups -OCH3 is 1. The number of aryl methyl sites for hydroxylation is 2. The number of fused-ring (bicyclic) bond motifs is 6. The average Bonchev–Trinajstić information content (AvgIpc) is 3.38. The summed E-state index contributed by atoms with van der Waals surface area (Å²) in [5.41, 5.74) is 12.0. The highest BCUT2D eigenvalue weighted by Crippen LogP contribution is 2.40. The van der Waals surface area contributed by atoms with Crippen LogP contribution in [0.1, 0.15) is 65.2 Å². The van der Waals surface area contributed by atoms with Gasteiger partial charge in [0.2, 0.25) is 0 Å². The van der Waals surface area contributed by atoms with Gasteiger partial charge in [0.1, 0.15) is 19.0 Å². The Morgan fingerprint density at radius 1 is 0.673 bits per heavy atom. The third kappa shape index (κ3) is 6.51. The van der Waals surface area contributed by atoms with Crippen LogP contribution >= 0.6 is 0 Å². The van der Waals surface area contributed by atoms with Gasteiger partial charge in [-0.2, -0.15) is 0 Å². The number of benzene rings is 5. The normalized spacial score (nSPS) is 18.4. The second-order valence-corrected chi connectivity index (χ2v) is 15.5. The number of nitrogens with one attached hydrogen (secondary N) is 1. The molecular formula is C46H46N4O5. The molecule has 1 N–H and O–H groups in total. The summed E-state index contributed by atoms with van der Waals surface area (Å²) in [7, 11) is 3.66. The highest BCUT2D eigenvalue weighted by atomic mass is 16.5. The minimum absolute atomic E-state index is 0.0147. The maximum atomic E-state index is 14.0. The standard InChI is InChI=1S/C46H46N4O5/c1-28-13-30(26-54-42-20-40-38(15-29(42)2)45(51)49-23-34-11-7-5-9-32(34)17-36(49)22-47-40)16-31(14-28)27-55-44-21-41-39(19-43(44)53-4)46(52)50-24-35-12-8-6-10-33(35)18-37(50)25-48(41)3/h5-16,19-21,36-37,47H,17-18,22-27H2,1-4H3/t36-,37-/m0/s1. The van der Waals surface area contributed by atoms with Gasteiger partial charge >= 0.3 is 0 Å². The number of anilines is 2. The SMILES string of the molecule is COc1cc2c(cc1OCc1cc(C)cc(COc3cc4c(cc3C)C(=O)N3Cc5ccccc5C[C@H]3CN4)c1)N(C)C[C@@H]1Cc3ccccc3CN1C2=O. The molecule has 5 aromatic carbocycles. The molecule has 0 saturated heterocycles. The van der Waals surface area contributed by atoms with E-state index < -0.39 is 0 Å². The van der Waals surface area contributed by atoms with Crippen molar-refractivity contribution in [2.75, 3.05) is 37.5 Å². The van der Waals surface area contributed by atoms with E-state index in [0.717, 1.165) is 58.8 Å². The van der Waals surface area contributed by atoms with E-state index in [1.165, 1.54) is 22.3 Å². The number of likely N-dealkylation sites (N-methyl/N-ethyl adjacent to an activating group) is 1. The first kappa shape index (κ1) is 34.8. The van der Waals surface area contributed by atoms with Gasteiger partial charge in [-0.15, -0.1) is 0 Å². The quantitative estimate of drug-likeness (QED) is 0.186. The summed E-state index contributed by atoms with van der Waals surface area (Å²) in [6.45, 7) is 7.39. The molecule has 5 aromatic rings. The molecule has 2 amide bonds. The maximum absolute atomic E-state index is 14.0. The van der Waals surface area contributed by atoms with Crippen LogP contribution in [0.2, 0.25) is 0 Å². The van der Waals surface area contributed by atoms with E-state index in [1.807, 2.05) is 60.2 Å². The topological polar surface area (TPSA) is 83.6 Å². The second-order valence-electron chi connectivity index (χ2n) is 15.5. The van der Waals surface area contributed by atoms with Gasteiger partial charge in [-0.05, 0) is 83.8 Å². The second kappa shape index (κ2) is 14.0. The van der Waals surface area contributed by atoms with E-state index in [2.05, 4.69) is 71.7 Å². The van der Waals surface area contributed by atoms with Crippen LogP contribution in [0.5, 0.6) is 17.2 Å². The highest BCUT2D eigenvalue weighted by molar-refractivity contribution is 6.02. The molecule has 4 heterocycles. The number of carbonyl (C=O) groups excluding carboxylic acids is 2. The van der Waals surface area contributed by atoms with Gasteiger partial charge in [-0.1, -0.05) is 66.2 Å². The van der Waals surface area contributed by atoms with Crippen LogP contribution < -0.4 is 24.4 Å². The summed E-state index contributed by atoms with van der Waals surface area (Å²) in [4.78, 5) is 34.0. The zero-order valence-electron chi connectivity index (χ0n) is 31.9. The molecule has 0 spiro atoms. The van der Waals surface area contributed by atoms with Gasteiger partial charge < -0.3 is 34.2 Å². The molecule has 0 saturated carbocycles. The summed E-state index contributed by atoms with van der Waals surface area (Å²) in [5, 5.41) is 3.56. The van der Waals surface area contributed by atoms with E-state index >= 15 is 0 Å². The molecule has 9 rings (SSSR count). The van der Waals surface area contributed by atoms with Crippen molar-refractivity contribution in [2.45, 2.75) is 65.1 Å². The summed E-state index contributed by atoms with van der Waals surface area (Å²) in [5.74, 6) is 1.93. The van der Waals surface area contributed by atoms with Crippen LogP contribution in [0.4, 0.5) is 11.4 Å². The highest BCUT2D eigenvalue weighted by Gasteiger charge is 2.37. The molecule has 9 heteroatoms. The molecule has 55 heavy (non-hydrogen) atoms. The van der Waals surface area contributed by atoms with Crippen molar-refractivity contribution in [3.63, 3.8) is 0 Å². The van der Waals surface area contributed by atoms with Crippen LogP contribution in [0.25, 0.3) is 0 Å². The van der Waals surface area contributed by atoms with Crippen LogP contribution in [0.3, 0.4) is 0 Å². The molecule has 4 aliphatic heterocycles. The number of hydrogen-bond donors (Lipinski definition) is 1. The van der Waals surface area contributed by atoms with Gasteiger partial charge in [0.05, 0.1) is 41.7 Å². The Kier molecular flexibility index (Phi) is 8.87. The fourth-order valence-electron chi connectivity index (χ4n) is 8.86. The van der Waals surface area contributed by atoms with Crippen LogP contribution in [-0.2, 0) is 39.1 Å². The lowest BCUT2D eigenvalue weighted by Crippen LogP contribution is -2.47. The number of ether oxygens (including phenoxy) is 3. The summed E-state index contributed by atoms with van der Waals surface area (Å²) >= 11 is 0. The Labute approximate surface area is 322 Å². The van der Waals surface area contributed by atoms with Gasteiger partial charge in [-0.25, -0.2) is 0 Å². The largest absolute Gasteiger partial charge is 0.493 e. The molecular weight excluding hydrogens is 689 g/mol. The number of rotatable bonds is 7. The Hall–Kier alpha value is -5.96. The minimum atomic E-state index is 0.0147. The number of nitrogens with zero attached hydrogens (tertiary/aromatic N) is 3. The fourth-order valence-corrected chi connectivity index (χ4v) is 8.86. The average molecular weight is 735 g/mol. The fraction of sp³-hybridized carbons (Fsp3) is 0.304. The lowest BCUT2D eigenvalue weighted by Gasteiger charge is -2.36. The van der Waals surface area contributed by atoms with Gasteiger partial charge in [0.25, 0.3) is 11.8 Å². The van der Waals surface area contributed by atoms with E-state index in [1.54, 1.807) is 7.11 Å². The van der Waals surface area contributed by atoms with Crippen molar-refractivity contribution in [1.82, 2.24) is 9.80 Å². The van der Waals surface area contributed by atoms with Gasteiger partial charge in [-0.3, -0.25) is 9.59 Å². The van der Waals surface area contributed by atoms with E-state index in [4.69, 9.17) is 14.2 Å². The lowest BCUT2D eigenvalue weighted by atomic mass is 9.93. The molecule has 0 aliphatic carbocycles. The Morgan fingerprint density at radius 3 is 1.95 bits per heavy atom. The zero-order valence-corrected chi connectivity index (χ0v) is 31.9. The Balaban J connectivity index is 0.898. The third-order valence-electron chi connectivity index (χ3n) is 11.7.